The number of hydrogen-bond acceptors (Lipinski definition) is 4. The molecule has 1 aromatic heterocycles. The predicted octanol–water partition coefficient (Wildman–Crippen LogP) is 0.339. The molecule has 1 aromatic rings. The summed E-state index contributed by atoms with van der Waals surface area (Å²) in [4.78, 5) is 15.9. The summed E-state index contributed by atoms with van der Waals surface area (Å²) in [6.07, 6.45) is 6.48. The molecule has 5 nitrogen and oxygen atoms in total. The molecule has 0 unspecified atom stereocenters. The standard InChI is InChI=1S/C10H16N4O/c11-4-1-5-12-9-10(15)14(7-6-13-9)8-2-3-8/h6-8H,1-5,11H2,(H,12,13). The lowest BCUT2D eigenvalue weighted by Crippen LogP contribution is -2.24. The van der Waals surface area contributed by atoms with Gasteiger partial charge in [-0.2, -0.15) is 0 Å². The molecule has 1 aliphatic carbocycles. The van der Waals surface area contributed by atoms with E-state index in [0.717, 1.165) is 19.3 Å². The summed E-state index contributed by atoms with van der Waals surface area (Å²) < 4.78 is 1.76. The first-order valence-electron chi connectivity index (χ1n) is 5.34. The minimum Gasteiger partial charge on any atom is -0.365 e. The monoisotopic (exact) mass is 208 g/mol. The molecule has 3 N–H and O–H groups in total. The largest absolute Gasteiger partial charge is 0.365 e. The van der Waals surface area contributed by atoms with E-state index >= 15 is 0 Å². The molecule has 0 amide bonds. The van der Waals surface area contributed by atoms with Crippen LogP contribution in [0.3, 0.4) is 0 Å². The van der Waals surface area contributed by atoms with Crippen LogP contribution < -0.4 is 16.6 Å². The molecule has 0 atom stereocenters. The van der Waals surface area contributed by atoms with E-state index in [1.54, 1.807) is 17.0 Å². The van der Waals surface area contributed by atoms with E-state index in [-0.39, 0.29) is 5.56 Å². The second-order valence-corrected chi connectivity index (χ2v) is 3.79. The van der Waals surface area contributed by atoms with Gasteiger partial charge < -0.3 is 15.6 Å². The first kappa shape index (κ1) is 10.2. The van der Waals surface area contributed by atoms with E-state index in [4.69, 9.17) is 5.73 Å². The number of nitrogens with zero attached hydrogens (tertiary/aromatic N) is 2. The third-order valence-corrected chi connectivity index (χ3v) is 2.48. The van der Waals surface area contributed by atoms with Gasteiger partial charge in [0.1, 0.15) is 0 Å². The van der Waals surface area contributed by atoms with Crippen LogP contribution in [0.1, 0.15) is 25.3 Å². The van der Waals surface area contributed by atoms with Gasteiger partial charge in [-0.25, -0.2) is 4.98 Å². The Hall–Kier alpha value is -1.36. The molecule has 0 saturated heterocycles. The molecule has 1 heterocycles. The van der Waals surface area contributed by atoms with Gasteiger partial charge in [0.15, 0.2) is 5.82 Å². The van der Waals surface area contributed by atoms with Crippen molar-refractivity contribution in [3.63, 3.8) is 0 Å². The summed E-state index contributed by atoms with van der Waals surface area (Å²) in [5, 5.41) is 3.01. The normalized spacial score (nSPS) is 15.3. The Kier molecular flexibility index (Phi) is 3.01. The molecule has 2 rings (SSSR count). The van der Waals surface area contributed by atoms with E-state index in [1.807, 2.05) is 0 Å². The number of anilines is 1. The molecule has 1 aliphatic rings. The van der Waals surface area contributed by atoms with Crippen LogP contribution in [0.25, 0.3) is 0 Å². The van der Waals surface area contributed by atoms with Crippen molar-refractivity contribution in [3.05, 3.63) is 22.7 Å². The van der Waals surface area contributed by atoms with Crippen LogP contribution in [0.2, 0.25) is 0 Å². The van der Waals surface area contributed by atoms with E-state index in [0.29, 0.717) is 24.9 Å². The highest BCUT2D eigenvalue weighted by molar-refractivity contribution is 5.30. The SMILES string of the molecule is NCCCNc1nccn(C2CC2)c1=O. The zero-order valence-electron chi connectivity index (χ0n) is 8.65. The van der Waals surface area contributed by atoms with E-state index in [2.05, 4.69) is 10.3 Å². The van der Waals surface area contributed by atoms with Crippen molar-refractivity contribution in [1.29, 1.82) is 0 Å². The van der Waals surface area contributed by atoms with Gasteiger partial charge in [0.25, 0.3) is 5.56 Å². The van der Waals surface area contributed by atoms with Crippen LogP contribution in [0.4, 0.5) is 5.82 Å². The van der Waals surface area contributed by atoms with Gasteiger partial charge in [0, 0.05) is 25.0 Å². The highest BCUT2D eigenvalue weighted by atomic mass is 16.1. The quantitative estimate of drug-likeness (QED) is 0.684. The second kappa shape index (κ2) is 4.44. The highest BCUT2D eigenvalue weighted by Crippen LogP contribution is 2.33. The molecule has 0 aromatic carbocycles. The molecular formula is C10H16N4O. The number of nitrogens with one attached hydrogen (secondary N) is 1. The maximum atomic E-state index is 11.9. The molecule has 0 bridgehead atoms. The molecule has 82 valence electrons. The summed E-state index contributed by atoms with van der Waals surface area (Å²) in [6, 6.07) is 0.399. The molecule has 1 saturated carbocycles. The topological polar surface area (TPSA) is 72.9 Å². The zero-order valence-corrected chi connectivity index (χ0v) is 8.65. The Balaban J connectivity index is 2.09. The predicted molar refractivity (Wildman–Crippen MR) is 58.9 cm³/mol. The maximum Gasteiger partial charge on any atom is 0.293 e. The van der Waals surface area contributed by atoms with Crippen LogP contribution in [0, 0.1) is 0 Å². The average Bonchev–Trinajstić information content (AvgIpc) is 3.05. The van der Waals surface area contributed by atoms with E-state index in [1.165, 1.54) is 0 Å². The van der Waals surface area contributed by atoms with Gasteiger partial charge in [0.2, 0.25) is 0 Å². The maximum absolute atomic E-state index is 11.9. The average molecular weight is 208 g/mol. The Morgan fingerprint density at radius 1 is 1.60 bits per heavy atom. The zero-order chi connectivity index (χ0) is 10.7. The fourth-order valence-electron chi connectivity index (χ4n) is 1.50. The molecule has 0 aliphatic heterocycles. The minimum absolute atomic E-state index is 0.0166. The smallest absolute Gasteiger partial charge is 0.293 e. The van der Waals surface area contributed by atoms with Crippen LogP contribution in [-0.4, -0.2) is 22.6 Å². The third kappa shape index (κ3) is 2.36. The van der Waals surface area contributed by atoms with Crippen molar-refractivity contribution in [3.8, 4) is 0 Å². The lowest BCUT2D eigenvalue weighted by molar-refractivity contribution is 0.698. The molecule has 0 spiro atoms. The van der Waals surface area contributed by atoms with E-state index in [9.17, 15) is 4.79 Å². The fraction of sp³-hybridized carbons (Fsp3) is 0.600. The van der Waals surface area contributed by atoms with Crippen molar-refractivity contribution in [2.75, 3.05) is 18.4 Å². The Morgan fingerprint density at radius 3 is 3.07 bits per heavy atom. The van der Waals surface area contributed by atoms with Crippen molar-refractivity contribution in [1.82, 2.24) is 9.55 Å². The number of rotatable bonds is 5. The minimum atomic E-state index is -0.0166. The van der Waals surface area contributed by atoms with Gasteiger partial charge in [-0.1, -0.05) is 0 Å². The summed E-state index contributed by atoms with van der Waals surface area (Å²) in [5.41, 5.74) is 5.36. The first-order valence-corrected chi connectivity index (χ1v) is 5.34. The summed E-state index contributed by atoms with van der Waals surface area (Å²) in [7, 11) is 0. The van der Waals surface area contributed by atoms with Crippen LogP contribution in [0.5, 0.6) is 0 Å². The number of aromatic nitrogens is 2. The van der Waals surface area contributed by atoms with Crippen molar-refractivity contribution >= 4 is 5.82 Å². The van der Waals surface area contributed by atoms with Gasteiger partial charge >= 0.3 is 0 Å². The van der Waals surface area contributed by atoms with Crippen molar-refractivity contribution < 1.29 is 0 Å². The van der Waals surface area contributed by atoms with Gasteiger partial charge in [-0.3, -0.25) is 4.79 Å². The summed E-state index contributed by atoms with van der Waals surface area (Å²) >= 11 is 0. The van der Waals surface area contributed by atoms with Crippen LogP contribution >= 0.6 is 0 Å². The van der Waals surface area contributed by atoms with Crippen molar-refractivity contribution in [2.24, 2.45) is 5.73 Å². The Morgan fingerprint density at radius 2 is 2.40 bits per heavy atom. The van der Waals surface area contributed by atoms with Crippen LogP contribution in [-0.2, 0) is 0 Å². The molecule has 1 fully saturated rings. The van der Waals surface area contributed by atoms with Crippen LogP contribution in [0.15, 0.2) is 17.2 Å². The first-order chi connectivity index (χ1) is 7.33. The van der Waals surface area contributed by atoms with Gasteiger partial charge in [-0.15, -0.1) is 0 Å². The Labute approximate surface area is 88.3 Å². The Bertz CT molecular complexity index is 383. The summed E-state index contributed by atoms with van der Waals surface area (Å²) in [6.45, 7) is 1.32. The highest BCUT2D eigenvalue weighted by Gasteiger charge is 2.25. The number of nitrogens with two attached hydrogens (primary N) is 1. The summed E-state index contributed by atoms with van der Waals surface area (Å²) in [5.74, 6) is 0.442. The second-order valence-electron chi connectivity index (χ2n) is 3.79. The third-order valence-electron chi connectivity index (χ3n) is 2.48. The number of hydrogen-bond donors (Lipinski definition) is 2. The molecule has 5 heteroatoms. The fourth-order valence-corrected chi connectivity index (χ4v) is 1.50. The molecular weight excluding hydrogens is 192 g/mol. The van der Waals surface area contributed by atoms with Crippen molar-refractivity contribution in [2.45, 2.75) is 25.3 Å². The lowest BCUT2D eigenvalue weighted by atomic mass is 10.4. The van der Waals surface area contributed by atoms with Gasteiger partial charge in [-0.05, 0) is 25.8 Å². The molecule has 15 heavy (non-hydrogen) atoms. The lowest BCUT2D eigenvalue weighted by Gasteiger charge is -2.07. The molecule has 0 radical (unpaired) electrons. The van der Waals surface area contributed by atoms with E-state index < -0.39 is 0 Å². The van der Waals surface area contributed by atoms with Gasteiger partial charge in [0.05, 0.1) is 0 Å².